The molecule has 0 aliphatic rings. The van der Waals surface area contributed by atoms with Crippen molar-refractivity contribution in [2.75, 3.05) is 58.8 Å². The molecule has 8 N–H and O–H groups in total. The van der Waals surface area contributed by atoms with Crippen molar-refractivity contribution >= 4 is 35.5 Å². The van der Waals surface area contributed by atoms with E-state index in [2.05, 4.69) is 46.9 Å². The van der Waals surface area contributed by atoms with E-state index in [1.807, 2.05) is 7.05 Å². The molecule has 1 rings (SSSR count). The van der Waals surface area contributed by atoms with E-state index in [4.69, 9.17) is 20.9 Å². The van der Waals surface area contributed by atoms with E-state index in [1.54, 1.807) is 45.2 Å². The van der Waals surface area contributed by atoms with E-state index in [0.717, 1.165) is 5.56 Å². The van der Waals surface area contributed by atoms with Crippen molar-refractivity contribution in [3.8, 4) is 0 Å². The second kappa shape index (κ2) is 21.8. The van der Waals surface area contributed by atoms with Gasteiger partial charge in [-0.15, -0.1) is 0 Å². The third-order valence-electron chi connectivity index (χ3n) is 7.63. The SMILES string of the molecule is CC(C)[C@H](NC(=O)CCCOCCN)C(=O)N[C@@H](CCCNC(N)=O)C(=O)Nc1ccc(COC(=O)N(C)CCN(C)C(C)(C)C)cc1. The van der Waals surface area contributed by atoms with Crippen molar-refractivity contribution in [3.05, 3.63) is 29.8 Å². The van der Waals surface area contributed by atoms with Crippen LogP contribution in [0.1, 0.15) is 65.9 Å². The number of ether oxygens (including phenoxy) is 2. The fourth-order valence-corrected chi connectivity index (χ4v) is 4.24. The first-order chi connectivity index (χ1) is 22.5. The molecule has 15 nitrogen and oxygen atoms in total. The lowest BCUT2D eigenvalue weighted by atomic mass is 10.0. The fraction of sp³-hybridized carbons (Fsp3) is 0.667. The van der Waals surface area contributed by atoms with Gasteiger partial charge in [-0.05, 0) is 70.7 Å². The molecule has 48 heavy (non-hydrogen) atoms. The van der Waals surface area contributed by atoms with Crippen molar-refractivity contribution in [3.63, 3.8) is 0 Å². The molecule has 6 amide bonds. The average molecular weight is 679 g/mol. The molecule has 0 fully saturated rings. The van der Waals surface area contributed by atoms with Crippen LogP contribution in [0.3, 0.4) is 0 Å². The van der Waals surface area contributed by atoms with Crippen molar-refractivity contribution < 1.29 is 33.4 Å². The molecule has 1 aromatic carbocycles. The molecule has 0 aliphatic carbocycles. The van der Waals surface area contributed by atoms with Crippen LogP contribution in [0.15, 0.2) is 24.3 Å². The van der Waals surface area contributed by atoms with Crippen LogP contribution in [0.2, 0.25) is 0 Å². The molecule has 0 aromatic heterocycles. The summed E-state index contributed by atoms with van der Waals surface area (Å²) in [5.74, 6) is -1.55. The first-order valence-corrected chi connectivity index (χ1v) is 16.4. The molecule has 15 heteroatoms. The summed E-state index contributed by atoms with van der Waals surface area (Å²) in [6.45, 7) is 12.6. The van der Waals surface area contributed by atoms with Crippen LogP contribution in [0.4, 0.5) is 15.3 Å². The number of nitrogens with zero attached hydrogens (tertiary/aromatic N) is 2. The van der Waals surface area contributed by atoms with Crippen LogP contribution < -0.4 is 32.7 Å². The number of likely N-dealkylation sites (N-methyl/N-ethyl adjacent to an activating group) is 2. The summed E-state index contributed by atoms with van der Waals surface area (Å²) in [4.78, 5) is 66.4. The minimum Gasteiger partial charge on any atom is -0.445 e. The van der Waals surface area contributed by atoms with Gasteiger partial charge in [-0.3, -0.25) is 19.3 Å². The van der Waals surface area contributed by atoms with Crippen LogP contribution in [0, 0.1) is 5.92 Å². The topological polar surface area (TPSA) is 210 Å². The van der Waals surface area contributed by atoms with E-state index >= 15 is 0 Å². The zero-order valence-electron chi connectivity index (χ0n) is 29.7. The maximum atomic E-state index is 13.3. The van der Waals surface area contributed by atoms with Crippen molar-refractivity contribution in [1.29, 1.82) is 0 Å². The predicted octanol–water partition coefficient (Wildman–Crippen LogP) is 1.75. The number of amides is 6. The van der Waals surface area contributed by atoms with Gasteiger partial charge >= 0.3 is 12.1 Å². The summed E-state index contributed by atoms with van der Waals surface area (Å²) in [6, 6.07) is 4.26. The van der Waals surface area contributed by atoms with E-state index in [0.29, 0.717) is 51.4 Å². The molecule has 0 saturated heterocycles. The number of rotatable bonds is 21. The van der Waals surface area contributed by atoms with Gasteiger partial charge in [-0.1, -0.05) is 26.0 Å². The highest BCUT2D eigenvalue weighted by Crippen LogP contribution is 2.14. The number of carbonyl (C=O) groups is 5. The highest BCUT2D eigenvalue weighted by molar-refractivity contribution is 5.98. The molecular weight excluding hydrogens is 620 g/mol. The number of hydrogen-bond acceptors (Lipinski definition) is 9. The Balaban J connectivity index is 2.81. The second-order valence-corrected chi connectivity index (χ2v) is 13.0. The minimum absolute atomic E-state index is 0.00945. The number of urea groups is 1. The quantitative estimate of drug-likeness (QED) is 0.104. The minimum atomic E-state index is -0.969. The van der Waals surface area contributed by atoms with Gasteiger partial charge in [-0.2, -0.15) is 0 Å². The molecule has 1 aromatic rings. The Morgan fingerprint density at radius 3 is 2.17 bits per heavy atom. The normalized spacial score (nSPS) is 12.6. The molecule has 0 bridgehead atoms. The zero-order chi connectivity index (χ0) is 36.3. The van der Waals surface area contributed by atoms with E-state index in [-0.39, 0.29) is 43.4 Å². The maximum Gasteiger partial charge on any atom is 0.409 e. The van der Waals surface area contributed by atoms with Gasteiger partial charge in [0.1, 0.15) is 18.7 Å². The van der Waals surface area contributed by atoms with Crippen LogP contribution in [0.5, 0.6) is 0 Å². The van der Waals surface area contributed by atoms with Crippen LogP contribution in [-0.2, 0) is 30.5 Å². The highest BCUT2D eigenvalue weighted by atomic mass is 16.6. The third-order valence-corrected chi connectivity index (χ3v) is 7.63. The number of primary amides is 1. The first kappa shape index (κ1) is 42.1. The summed E-state index contributed by atoms with van der Waals surface area (Å²) in [5, 5.41) is 10.8. The summed E-state index contributed by atoms with van der Waals surface area (Å²) >= 11 is 0. The van der Waals surface area contributed by atoms with Crippen molar-refractivity contribution in [2.24, 2.45) is 17.4 Å². The number of nitrogens with one attached hydrogen (secondary N) is 4. The summed E-state index contributed by atoms with van der Waals surface area (Å²) < 4.78 is 10.7. The summed E-state index contributed by atoms with van der Waals surface area (Å²) in [5.41, 5.74) is 11.7. The Labute approximate surface area is 285 Å². The monoisotopic (exact) mass is 678 g/mol. The van der Waals surface area contributed by atoms with Crippen molar-refractivity contribution in [1.82, 2.24) is 25.8 Å². The molecule has 2 atom stereocenters. The molecule has 0 aliphatic heterocycles. The van der Waals surface area contributed by atoms with Crippen LogP contribution in [-0.4, -0.2) is 111 Å². The lowest BCUT2D eigenvalue weighted by Crippen LogP contribution is -2.54. The lowest BCUT2D eigenvalue weighted by Gasteiger charge is -2.33. The summed E-state index contributed by atoms with van der Waals surface area (Å²) in [6.07, 6.45) is 0.761. The van der Waals surface area contributed by atoms with Crippen LogP contribution in [0.25, 0.3) is 0 Å². The van der Waals surface area contributed by atoms with E-state index in [1.165, 1.54) is 4.90 Å². The van der Waals surface area contributed by atoms with Gasteiger partial charge in [0, 0.05) is 57.5 Å². The van der Waals surface area contributed by atoms with Gasteiger partial charge in [0.2, 0.25) is 17.7 Å². The lowest BCUT2D eigenvalue weighted by molar-refractivity contribution is -0.132. The third kappa shape index (κ3) is 17.3. The predicted molar refractivity (Wildman–Crippen MR) is 185 cm³/mol. The zero-order valence-corrected chi connectivity index (χ0v) is 29.7. The van der Waals surface area contributed by atoms with Gasteiger partial charge in [0.05, 0.1) is 6.61 Å². The van der Waals surface area contributed by atoms with Gasteiger partial charge in [0.25, 0.3) is 0 Å². The van der Waals surface area contributed by atoms with Crippen molar-refractivity contribution in [2.45, 2.75) is 84.5 Å². The molecule has 0 unspecified atom stereocenters. The molecule has 0 radical (unpaired) electrons. The number of benzene rings is 1. The highest BCUT2D eigenvalue weighted by Gasteiger charge is 2.29. The van der Waals surface area contributed by atoms with Gasteiger partial charge < -0.3 is 47.1 Å². The molecule has 0 heterocycles. The Kier molecular flexibility index (Phi) is 19.1. The number of nitrogens with two attached hydrogens (primary N) is 2. The standard InChI is InChI=1S/C33H58N8O7/c1-23(2)28(39-27(42)11-9-20-47-21-16-34)30(44)38-26(10-8-17-36-31(35)45)29(43)37-25-14-12-24(13-15-25)22-48-32(46)40(6)18-19-41(7)33(3,4)5/h12-15,23,26,28H,8-11,16-22,34H2,1-7H3,(H,37,43)(H,38,44)(H,39,42)(H3,35,36,45)/t26-,28-/m0/s1. The molecule has 0 spiro atoms. The Hall–Kier alpha value is -3.95. The Morgan fingerprint density at radius 2 is 1.58 bits per heavy atom. The Bertz CT molecular complexity index is 1160. The largest absolute Gasteiger partial charge is 0.445 e. The number of anilines is 1. The molecule has 272 valence electrons. The number of hydrogen-bond donors (Lipinski definition) is 6. The summed E-state index contributed by atoms with van der Waals surface area (Å²) in [7, 11) is 3.69. The molecule has 0 saturated carbocycles. The van der Waals surface area contributed by atoms with E-state index in [9.17, 15) is 24.0 Å². The van der Waals surface area contributed by atoms with Gasteiger partial charge in [-0.25, -0.2) is 9.59 Å². The smallest absolute Gasteiger partial charge is 0.409 e. The first-order valence-electron chi connectivity index (χ1n) is 16.4. The second-order valence-electron chi connectivity index (χ2n) is 13.0. The number of carbonyl (C=O) groups excluding carboxylic acids is 5. The molecular formula is C33H58N8O7. The van der Waals surface area contributed by atoms with Crippen LogP contribution >= 0.6 is 0 Å². The average Bonchev–Trinajstić information content (AvgIpc) is 3.02. The fourth-order valence-electron chi connectivity index (χ4n) is 4.24. The van der Waals surface area contributed by atoms with Gasteiger partial charge in [0.15, 0.2) is 0 Å². The van der Waals surface area contributed by atoms with E-state index < -0.39 is 36.0 Å². The Morgan fingerprint density at radius 1 is 0.917 bits per heavy atom. The maximum absolute atomic E-state index is 13.3.